The van der Waals surface area contributed by atoms with Crippen LogP contribution in [0.2, 0.25) is 0 Å². The van der Waals surface area contributed by atoms with Crippen LogP contribution in [0.5, 0.6) is 0 Å². The first-order valence-electron chi connectivity index (χ1n) is 9.36. The van der Waals surface area contributed by atoms with Crippen LogP contribution in [0.15, 0.2) is 29.3 Å². The van der Waals surface area contributed by atoms with Crippen molar-refractivity contribution in [3.8, 4) is 0 Å². The summed E-state index contributed by atoms with van der Waals surface area (Å²) < 4.78 is 0. The molecule has 0 spiro atoms. The number of halogens is 1. The molecule has 1 saturated heterocycles. The van der Waals surface area contributed by atoms with Crippen LogP contribution in [-0.2, 0) is 13.1 Å². The molecular weight excluding hydrogens is 423 g/mol. The third kappa shape index (κ3) is 7.13. The van der Waals surface area contributed by atoms with Crippen LogP contribution in [0.25, 0.3) is 0 Å². The van der Waals surface area contributed by atoms with Gasteiger partial charge in [0.05, 0.1) is 6.54 Å². The molecule has 1 aromatic carbocycles. The summed E-state index contributed by atoms with van der Waals surface area (Å²) >= 11 is 0. The Hall–Kier alpha value is -0.820. The van der Waals surface area contributed by atoms with Crippen LogP contribution < -0.4 is 5.73 Å². The highest BCUT2D eigenvalue weighted by atomic mass is 127. The second-order valence-electron chi connectivity index (χ2n) is 7.30. The highest BCUT2D eigenvalue weighted by Gasteiger charge is 2.21. The molecule has 1 aliphatic rings. The zero-order chi connectivity index (χ0) is 17.5. The minimum absolute atomic E-state index is 0. The molecule has 4 nitrogen and oxygen atoms in total. The van der Waals surface area contributed by atoms with Gasteiger partial charge in [0.2, 0.25) is 0 Å². The first-order valence-corrected chi connectivity index (χ1v) is 9.36. The summed E-state index contributed by atoms with van der Waals surface area (Å²) in [5, 5.41) is 0. The van der Waals surface area contributed by atoms with Gasteiger partial charge in [0.1, 0.15) is 0 Å². The Morgan fingerprint density at radius 3 is 2.12 bits per heavy atom. The molecule has 0 amide bonds. The van der Waals surface area contributed by atoms with E-state index in [0.29, 0.717) is 12.5 Å². The fourth-order valence-corrected chi connectivity index (χ4v) is 3.75. The van der Waals surface area contributed by atoms with E-state index in [1.807, 2.05) is 0 Å². The standard InChI is InChI=1S/C20H34N4.HI/c1-5-24(6-2)20(21)22-12-18-7-9-19(10-8-18)15-23-13-16(3)11-17(4)14-23;/h7-10,16-17H,5-6,11-15H2,1-4H3,(H2,21,22);1H. The first-order chi connectivity index (χ1) is 11.5. The zero-order valence-electron chi connectivity index (χ0n) is 16.2. The van der Waals surface area contributed by atoms with Crippen LogP contribution in [-0.4, -0.2) is 41.9 Å². The molecule has 142 valence electrons. The fourth-order valence-electron chi connectivity index (χ4n) is 3.75. The number of benzene rings is 1. The van der Waals surface area contributed by atoms with Gasteiger partial charge in [-0.1, -0.05) is 38.1 Å². The molecule has 0 aliphatic carbocycles. The van der Waals surface area contributed by atoms with E-state index < -0.39 is 0 Å². The maximum atomic E-state index is 6.04. The molecule has 1 aromatic rings. The lowest BCUT2D eigenvalue weighted by Gasteiger charge is -2.35. The smallest absolute Gasteiger partial charge is 0.191 e. The van der Waals surface area contributed by atoms with Crippen molar-refractivity contribution >= 4 is 29.9 Å². The number of piperidine rings is 1. The zero-order valence-corrected chi connectivity index (χ0v) is 18.6. The molecule has 25 heavy (non-hydrogen) atoms. The van der Waals surface area contributed by atoms with E-state index in [9.17, 15) is 0 Å². The quantitative estimate of drug-likeness (QED) is 0.399. The topological polar surface area (TPSA) is 44.9 Å². The van der Waals surface area contributed by atoms with E-state index in [0.717, 1.165) is 31.5 Å². The Bertz CT molecular complexity index is 515. The lowest BCUT2D eigenvalue weighted by Crippen LogP contribution is -2.38. The first kappa shape index (κ1) is 22.2. The molecule has 0 bridgehead atoms. The van der Waals surface area contributed by atoms with Crippen molar-refractivity contribution in [1.82, 2.24) is 9.80 Å². The maximum Gasteiger partial charge on any atom is 0.191 e. The molecule has 0 aromatic heterocycles. The SMILES string of the molecule is CCN(CC)C(N)=NCc1ccc(CN2CC(C)CC(C)C2)cc1.I. The molecular formula is C20H35IN4. The van der Waals surface area contributed by atoms with E-state index in [4.69, 9.17) is 5.73 Å². The lowest BCUT2D eigenvalue weighted by molar-refractivity contribution is 0.134. The highest BCUT2D eigenvalue weighted by molar-refractivity contribution is 14.0. The summed E-state index contributed by atoms with van der Waals surface area (Å²) in [5.74, 6) is 2.26. The summed E-state index contributed by atoms with van der Waals surface area (Å²) in [6.07, 6.45) is 1.36. The minimum atomic E-state index is 0. The number of rotatable bonds is 6. The largest absolute Gasteiger partial charge is 0.370 e. The normalized spacial score (nSPS) is 21.7. The molecule has 1 aliphatic heterocycles. The third-order valence-corrected chi connectivity index (χ3v) is 4.88. The minimum Gasteiger partial charge on any atom is -0.370 e. The number of nitrogens with two attached hydrogens (primary N) is 1. The Kier molecular flexibility index (Phi) is 9.79. The summed E-state index contributed by atoms with van der Waals surface area (Å²) in [5.41, 5.74) is 8.64. The van der Waals surface area contributed by atoms with Gasteiger partial charge in [-0.2, -0.15) is 0 Å². The average molecular weight is 458 g/mol. The molecule has 0 saturated carbocycles. The Balaban J connectivity index is 0.00000312. The lowest BCUT2D eigenvalue weighted by atomic mass is 9.91. The van der Waals surface area contributed by atoms with E-state index in [1.54, 1.807) is 0 Å². The second kappa shape index (κ2) is 11.0. The summed E-state index contributed by atoms with van der Waals surface area (Å²) in [6.45, 7) is 14.9. The van der Waals surface area contributed by atoms with Gasteiger partial charge in [-0.25, -0.2) is 4.99 Å². The van der Waals surface area contributed by atoms with Crippen molar-refractivity contribution in [2.45, 2.75) is 47.2 Å². The second-order valence-corrected chi connectivity index (χ2v) is 7.30. The van der Waals surface area contributed by atoms with E-state index in [-0.39, 0.29) is 24.0 Å². The monoisotopic (exact) mass is 458 g/mol. The van der Waals surface area contributed by atoms with E-state index in [1.165, 1.54) is 30.6 Å². The number of likely N-dealkylation sites (tertiary alicyclic amines) is 1. The van der Waals surface area contributed by atoms with Crippen LogP contribution in [0, 0.1) is 11.8 Å². The summed E-state index contributed by atoms with van der Waals surface area (Å²) in [6, 6.07) is 8.85. The van der Waals surface area contributed by atoms with Gasteiger partial charge in [0, 0.05) is 32.7 Å². The number of nitrogens with zero attached hydrogens (tertiary/aromatic N) is 3. The number of hydrogen-bond donors (Lipinski definition) is 1. The van der Waals surface area contributed by atoms with Crippen molar-refractivity contribution < 1.29 is 0 Å². The maximum absolute atomic E-state index is 6.04. The van der Waals surface area contributed by atoms with Gasteiger partial charge in [-0.05, 0) is 43.2 Å². The van der Waals surface area contributed by atoms with Gasteiger partial charge < -0.3 is 10.6 Å². The van der Waals surface area contributed by atoms with Gasteiger partial charge in [0.15, 0.2) is 5.96 Å². The van der Waals surface area contributed by atoms with E-state index in [2.05, 4.69) is 66.8 Å². The third-order valence-electron chi connectivity index (χ3n) is 4.88. The number of guanidine groups is 1. The molecule has 2 atom stereocenters. The van der Waals surface area contributed by atoms with Crippen molar-refractivity contribution in [3.63, 3.8) is 0 Å². The number of aliphatic imine (C=N–C) groups is 1. The van der Waals surface area contributed by atoms with Gasteiger partial charge >= 0.3 is 0 Å². The summed E-state index contributed by atoms with van der Waals surface area (Å²) in [4.78, 5) is 9.18. The highest BCUT2D eigenvalue weighted by Crippen LogP contribution is 2.22. The average Bonchev–Trinajstić information content (AvgIpc) is 2.54. The molecule has 1 fully saturated rings. The predicted octanol–water partition coefficient (Wildman–Crippen LogP) is 3.94. The molecule has 2 N–H and O–H groups in total. The predicted molar refractivity (Wildman–Crippen MR) is 118 cm³/mol. The van der Waals surface area contributed by atoms with Crippen molar-refractivity contribution in [2.75, 3.05) is 26.2 Å². The fraction of sp³-hybridized carbons (Fsp3) is 0.650. The molecule has 1 heterocycles. The van der Waals surface area contributed by atoms with Crippen LogP contribution in [0.4, 0.5) is 0 Å². The van der Waals surface area contributed by atoms with Gasteiger partial charge in [0.25, 0.3) is 0 Å². The molecule has 2 rings (SSSR count). The summed E-state index contributed by atoms with van der Waals surface area (Å²) in [7, 11) is 0. The van der Waals surface area contributed by atoms with Crippen LogP contribution in [0.3, 0.4) is 0 Å². The van der Waals surface area contributed by atoms with Gasteiger partial charge in [-0.15, -0.1) is 24.0 Å². The van der Waals surface area contributed by atoms with Crippen molar-refractivity contribution in [2.24, 2.45) is 22.6 Å². The van der Waals surface area contributed by atoms with Gasteiger partial charge in [-0.3, -0.25) is 4.90 Å². The Morgan fingerprint density at radius 1 is 1.08 bits per heavy atom. The Labute approximate surface area is 170 Å². The van der Waals surface area contributed by atoms with Crippen LogP contribution >= 0.6 is 24.0 Å². The molecule has 0 radical (unpaired) electrons. The molecule has 2 unspecified atom stereocenters. The van der Waals surface area contributed by atoms with Crippen molar-refractivity contribution in [3.05, 3.63) is 35.4 Å². The van der Waals surface area contributed by atoms with Crippen molar-refractivity contribution in [1.29, 1.82) is 0 Å². The molecule has 5 heteroatoms. The number of hydrogen-bond acceptors (Lipinski definition) is 2. The van der Waals surface area contributed by atoms with Crippen LogP contribution in [0.1, 0.15) is 45.2 Å². The Morgan fingerprint density at radius 2 is 1.60 bits per heavy atom. The van der Waals surface area contributed by atoms with E-state index >= 15 is 0 Å².